The van der Waals surface area contributed by atoms with E-state index in [0.29, 0.717) is 15.8 Å². The van der Waals surface area contributed by atoms with Crippen LogP contribution in [0.15, 0.2) is 19.8 Å². The smallest absolute Gasteiger partial charge is 0.174 e. The Morgan fingerprint density at radius 3 is 2.70 bits per heavy atom. The molecule has 1 aromatic heterocycles. The Hall–Kier alpha value is -0.0900. The van der Waals surface area contributed by atoms with Crippen LogP contribution in [0.25, 0.3) is 0 Å². The van der Waals surface area contributed by atoms with Crippen molar-refractivity contribution < 1.29 is 9.21 Å². The van der Waals surface area contributed by atoms with Crippen LogP contribution in [0, 0.1) is 0 Å². The number of carbonyl (C=O) groups is 1. The summed E-state index contributed by atoms with van der Waals surface area (Å²) in [6.07, 6.45) is 1.22. The van der Waals surface area contributed by atoms with Crippen LogP contribution < -0.4 is 0 Å². The number of aldehydes is 1. The van der Waals surface area contributed by atoms with Gasteiger partial charge in [-0.15, -0.1) is 0 Å². The highest BCUT2D eigenvalue weighted by atomic mass is 79.9. The molecule has 1 aromatic rings. The van der Waals surface area contributed by atoms with E-state index in [1.54, 1.807) is 6.07 Å². The third-order valence-electron chi connectivity index (χ3n) is 1.03. The van der Waals surface area contributed by atoms with Gasteiger partial charge in [0.1, 0.15) is 6.29 Å². The lowest BCUT2D eigenvalue weighted by Crippen LogP contribution is -1.80. The summed E-state index contributed by atoms with van der Waals surface area (Å²) in [5.74, 6) is 0. The highest BCUT2D eigenvalue weighted by molar-refractivity contribution is 9.11. The maximum atomic E-state index is 10.1. The monoisotopic (exact) mass is 266 g/mol. The molecule has 0 saturated heterocycles. The lowest BCUT2D eigenvalue weighted by atomic mass is 10.3. The average molecular weight is 268 g/mol. The molecule has 0 aliphatic heterocycles. The second kappa shape index (κ2) is 3.34. The molecule has 0 atom stereocenters. The third kappa shape index (κ3) is 1.70. The van der Waals surface area contributed by atoms with Crippen LogP contribution in [-0.4, -0.2) is 6.29 Å². The van der Waals surface area contributed by atoms with E-state index in [0.717, 1.165) is 11.8 Å². The number of furan rings is 1. The molecular formula is C6H4Br2O2. The van der Waals surface area contributed by atoms with Crippen molar-refractivity contribution in [1.82, 2.24) is 0 Å². The van der Waals surface area contributed by atoms with Gasteiger partial charge in [-0.25, -0.2) is 0 Å². The highest BCUT2D eigenvalue weighted by Gasteiger charge is 2.04. The predicted octanol–water partition coefficient (Wildman–Crippen LogP) is 2.55. The van der Waals surface area contributed by atoms with Crippen molar-refractivity contribution in [2.45, 2.75) is 6.42 Å². The third-order valence-corrected chi connectivity index (χ3v) is 2.09. The van der Waals surface area contributed by atoms with Gasteiger partial charge in [-0.05, 0) is 37.9 Å². The van der Waals surface area contributed by atoms with Gasteiger partial charge in [0.2, 0.25) is 0 Å². The highest BCUT2D eigenvalue weighted by Crippen LogP contribution is 2.24. The van der Waals surface area contributed by atoms with Crippen molar-refractivity contribution in [3.8, 4) is 0 Å². The Balaban J connectivity index is 2.91. The van der Waals surface area contributed by atoms with Crippen molar-refractivity contribution in [1.29, 1.82) is 0 Å². The van der Waals surface area contributed by atoms with Crippen LogP contribution in [0.4, 0.5) is 0 Å². The summed E-state index contributed by atoms with van der Waals surface area (Å²) in [6, 6.07) is 1.76. The summed E-state index contributed by atoms with van der Waals surface area (Å²) < 4.78 is 6.29. The summed E-state index contributed by atoms with van der Waals surface area (Å²) in [6.45, 7) is 0. The zero-order chi connectivity index (χ0) is 7.56. The van der Waals surface area contributed by atoms with Gasteiger partial charge in [-0.1, -0.05) is 0 Å². The van der Waals surface area contributed by atoms with Crippen LogP contribution in [0.5, 0.6) is 0 Å². The Bertz CT molecular complexity index is 242. The first-order valence-corrected chi connectivity index (χ1v) is 4.20. The minimum atomic E-state index is 0.385. The molecule has 10 heavy (non-hydrogen) atoms. The first kappa shape index (κ1) is 8.01. The zero-order valence-corrected chi connectivity index (χ0v) is 8.11. The predicted molar refractivity (Wildman–Crippen MR) is 43.9 cm³/mol. The van der Waals surface area contributed by atoms with Gasteiger partial charge in [0.05, 0.1) is 0 Å². The first-order valence-electron chi connectivity index (χ1n) is 2.61. The molecule has 54 valence electrons. The molecule has 0 unspecified atom stereocenters. The van der Waals surface area contributed by atoms with Crippen LogP contribution in [0.3, 0.4) is 0 Å². The Labute approximate surface area is 74.9 Å². The fourth-order valence-electron chi connectivity index (χ4n) is 0.603. The standard InChI is InChI=1S/C6H4Br2O2/c7-5-3-4(1-2-9)6(8)10-5/h2-3H,1H2. The lowest BCUT2D eigenvalue weighted by molar-refractivity contribution is -0.107. The molecule has 0 saturated carbocycles. The van der Waals surface area contributed by atoms with Gasteiger partial charge in [0.15, 0.2) is 9.34 Å². The molecule has 0 N–H and O–H groups in total. The van der Waals surface area contributed by atoms with E-state index in [1.165, 1.54) is 0 Å². The molecule has 4 heteroatoms. The summed E-state index contributed by atoms with van der Waals surface area (Å²) in [5, 5.41) is 0. The SMILES string of the molecule is O=CCc1cc(Br)oc1Br. The molecule has 0 aliphatic carbocycles. The second-order valence-electron chi connectivity index (χ2n) is 1.72. The van der Waals surface area contributed by atoms with Crippen LogP contribution >= 0.6 is 31.9 Å². The molecule has 0 amide bonds. The minimum Gasteiger partial charge on any atom is -0.442 e. The van der Waals surface area contributed by atoms with Crippen LogP contribution in [-0.2, 0) is 11.2 Å². The molecule has 1 heterocycles. The minimum absolute atomic E-state index is 0.385. The number of rotatable bonds is 2. The average Bonchev–Trinajstić information content (AvgIpc) is 2.13. The lowest BCUT2D eigenvalue weighted by Gasteiger charge is -1.83. The molecule has 0 radical (unpaired) electrons. The molecule has 2 nitrogen and oxygen atoms in total. The molecule has 0 bridgehead atoms. The summed E-state index contributed by atoms with van der Waals surface area (Å²) in [4.78, 5) is 10.1. The van der Waals surface area contributed by atoms with Gasteiger partial charge in [0, 0.05) is 12.0 Å². The van der Waals surface area contributed by atoms with Crippen molar-refractivity contribution in [2.24, 2.45) is 0 Å². The second-order valence-corrected chi connectivity index (χ2v) is 3.22. The van der Waals surface area contributed by atoms with Gasteiger partial charge in [-0.3, -0.25) is 0 Å². The van der Waals surface area contributed by atoms with E-state index in [2.05, 4.69) is 31.9 Å². The molecule has 0 aromatic carbocycles. The van der Waals surface area contributed by atoms with Crippen molar-refractivity contribution in [3.63, 3.8) is 0 Å². The fraction of sp³-hybridized carbons (Fsp3) is 0.167. The largest absolute Gasteiger partial charge is 0.442 e. The maximum Gasteiger partial charge on any atom is 0.174 e. The molecule has 0 spiro atoms. The maximum absolute atomic E-state index is 10.1. The molecular weight excluding hydrogens is 264 g/mol. The number of carbonyl (C=O) groups excluding carboxylic acids is 1. The summed E-state index contributed by atoms with van der Waals surface area (Å²) >= 11 is 6.30. The van der Waals surface area contributed by atoms with E-state index in [-0.39, 0.29) is 0 Å². The number of hydrogen-bond acceptors (Lipinski definition) is 2. The normalized spacial score (nSPS) is 9.80. The zero-order valence-electron chi connectivity index (χ0n) is 4.93. The quantitative estimate of drug-likeness (QED) is 0.771. The molecule has 1 rings (SSSR count). The topological polar surface area (TPSA) is 30.2 Å². The van der Waals surface area contributed by atoms with E-state index < -0.39 is 0 Å². The van der Waals surface area contributed by atoms with Gasteiger partial charge < -0.3 is 9.21 Å². The summed E-state index contributed by atoms with van der Waals surface area (Å²) in [5.41, 5.74) is 0.863. The van der Waals surface area contributed by atoms with E-state index in [9.17, 15) is 4.79 Å². The Morgan fingerprint density at radius 1 is 1.60 bits per heavy atom. The van der Waals surface area contributed by atoms with E-state index in [4.69, 9.17) is 4.42 Å². The summed E-state index contributed by atoms with van der Waals surface area (Å²) in [7, 11) is 0. The molecule has 0 fully saturated rings. The molecule has 0 aliphatic rings. The first-order chi connectivity index (χ1) is 4.74. The van der Waals surface area contributed by atoms with Crippen LogP contribution in [0.1, 0.15) is 5.56 Å². The number of hydrogen-bond donors (Lipinski definition) is 0. The van der Waals surface area contributed by atoms with Gasteiger partial charge >= 0.3 is 0 Å². The van der Waals surface area contributed by atoms with Crippen molar-refractivity contribution >= 4 is 38.1 Å². The fourth-order valence-corrected chi connectivity index (χ4v) is 1.71. The number of halogens is 2. The van der Waals surface area contributed by atoms with Crippen molar-refractivity contribution in [2.75, 3.05) is 0 Å². The Morgan fingerprint density at radius 2 is 2.30 bits per heavy atom. The van der Waals surface area contributed by atoms with E-state index >= 15 is 0 Å². The van der Waals surface area contributed by atoms with Gasteiger partial charge in [0.25, 0.3) is 0 Å². The van der Waals surface area contributed by atoms with E-state index in [1.807, 2.05) is 0 Å². The van der Waals surface area contributed by atoms with Crippen LogP contribution in [0.2, 0.25) is 0 Å². The van der Waals surface area contributed by atoms with Crippen molar-refractivity contribution in [3.05, 3.63) is 21.0 Å². The Kier molecular flexibility index (Phi) is 2.68. The van der Waals surface area contributed by atoms with Gasteiger partial charge in [-0.2, -0.15) is 0 Å².